The Labute approximate surface area is 107 Å². The van der Waals surface area contributed by atoms with E-state index in [-0.39, 0.29) is 11.8 Å². The SMILES string of the molecule is CC(=O)SC(C(=O)O)c1c(F)c(F)c(F)c(F)c1F. The molecule has 1 atom stereocenters. The van der Waals surface area contributed by atoms with Gasteiger partial charge in [-0.3, -0.25) is 9.59 Å². The Morgan fingerprint density at radius 1 is 0.947 bits per heavy atom. The van der Waals surface area contributed by atoms with Crippen LogP contribution in [0, 0.1) is 29.1 Å². The molecule has 1 unspecified atom stereocenters. The van der Waals surface area contributed by atoms with Crippen molar-refractivity contribution in [3.8, 4) is 0 Å². The molecule has 0 aliphatic rings. The number of aliphatic carboxylic acids is 1. The standard InChI is InChI=1S/C10H5F5O3S/c1-2(16)19-9(10(17)18)3-4(11)6(13)8(15)7(14)5(3)12/h9H,1H3,(H,17,18). The minimum absolute atomic E-state index is 0.0619. The van der Waals surface area contributed by atoms with Crippen LogP contribution in [0.3, 0.4) is 0 Å². The van der Waals surface area contributed by atoms with E-state index in [2.05, 4.69) is 0 Å². The number of carbonyl (C=O) groups excluding carboxylic acids is 1. The van der Waals surface area contributed by atoms with E-state index in [9.17, 15) is 31.5 Å². The van der Waals surface area contributed by atoms with Crippen molar-refractivity contribution >= 4 is 22.8 Å². The number of thioether (sulfide) groups is 1. The summed E-state index contributed by atoms with van der Waals surface area (Å²) in [5.74, 6) is -13.3. The summed E-state index contributed by atoms with van der Waals surface area (Å²) in [4.78, 5) is 21.6. The summed E-state index contributed by atoms with van der Waals surface area (Å²) in [6.45, 7) is 0.895. The summed E-state index contributed by atoms with van der Waals surface area (Å²) in [6.07, 6.45) is 0. The monoisotopic (exact) mass is 300 g/mol. The molecule has 0 radical (unpaired) electrons. The van der Waals surface area contributed by atoms with Gasteiger partial charge >= 0.3 is 5.97 Å². The average Bonchev–Trinajstić information content (AvgIpc) is 2.32. The molecule has 0 aromatic heterocycles. The Balaban J connectivity index is 3.55. The van der Waals surface area contributed by atoms with Crippen LogP contribution in [-0.2, 0) is 9.59 Å². The zero-order valence-corrected chi connectivity index (χ0v) is 9.96. The van der Waals surface area contributed by atoms with Gasteiger partial charge in [0.25, 0.3) is 0 Å². The lowest BCUT2D eigenvalue weighted by Gasteiger charge is -2.13. The maximum absolute atomic E-state index is 13.4. The van der Waals surface area contributed by atoms with Gasteiger partial charge in [0.15, 0.2) is 28.4 Å². The molecule has 1 aromatic carbocycles. The Morgan fingerprint density at radius 2 is 1.32 bits per heavy atom. The van der Waals surface area contributed by atoms with E-state index in [0.29, 0.717) is 0 Å². The Hall–Kier alpha value is -1.64. The number of carboxylic acids is 1. The van der Waals surface area contributed by atoms with Crippen molar-refractivity contribution in [1.82, 2.24) is 0 Å². The minimum Gasteiger partial charge on any atom is -0.480 e. The summed E-state index contributed by atoms with van der Waals surface area (Å²) in [5.41, 5.74) is -1.55. The molecular formula is C10H5F5O3S. The minimum atomic E-state index is -2.39. The third-order valence-electron chi connectivity index (χ3n) is 2.01. The lowest BCUT2D eigenvalue weighted by Crippen LogP contribution is -2.17. The van der Waals surface area contributed by atoms with Gasteiger partial charge in [0, 0.05) is 6.92 Å². The first kappa shape index (κ1) is 15.4. The van der Waals surface area contributed by atoms with E-state index in [1.807, 2.05) is 0 Å². The zero-order valence-electron chi connectivity index (χ0n) is 9.14. The highest BCUT2D eigenvalue weighted by Gasteiger charge is 2.35. The maximum atomic E-state index is 13.4. The largest absolute Gasteiger partial charge is 0.480 e. The molecule has 0 fully saturated rings. The maximum Gasteiger partial charge on any atom is 0.321 e. The van der Waals surface area contributed by atoms with Crippen molar-refractivity contribution in [3.63, 3.8) is 0 Å². The van der Waals surface area contributed by atoms with E-state index in [0.717, 1.165) is 6.92 Å². The average molecular weight is 300 g/mol. The van der Waals surface area contributed by atoms with Gasteiger partial charge in [-0.2, -0.15) is 0 Å². The summed E-state index contributed by atoms with van der Waals surface area (Å²) in [6, 6.07) is 0. The van der Waals surface area contributed by atoms with Gasteiger partial charge in [-0.05, 0) is 0 Å². The fourth-order valence-corrected chi connectivity index (χ4v) is 2.01. The number of benzene rings is 1. The first-order valence-electron chi connectivity index (χ1n) is 4.59. The number of halogens is 5. The Morgan fingerprint density at radius 3 is 1.63 bits per heavy atom. The number of hydrogen-bond donors (Lipinski definition) is 1. The molecule has 0 saturated heterocycles. The molecule has 0 aliphatic heterocycles. The first-order chi connectivity index (χ1) is 8.68. The molecular weight excluding hydrogens is 295 g/mol. The fraction of sp³-hybridized carbons (Fsp3) is 0.200. The van der Waals surface area contributed by atoms with E-state index in [1.54, 1.807) is 0 Å². The van der Waals surface area contributed by atoms with Crippen LogP contribution in [0.5, 0.6) is 0 Å². The molecule has 19 heavy (non-hydrogen) atoms. The molecule has 1 aromatic rings. The van der Waals surface area contributed by atoms with Crippen molar-refractivity contribution in [2.45, 2.75) is 12.2 Å². The summed E-state index contributed by atoms with van der Waals surface area (Å²) in [7, 11) is 0. The van der Waals surface area contributed by atoms with Crippen LogP contribution < -0.4 is 0 Å². The molecule has 0 saturated carbocycles. The molecule has 9 heteroatoms. The van der Waals surface area contributed by atoms with Crippen LogP contribution in [0.4, 0.5) is 22.0 Å². The van der Waals surface area contributed by atoms with E-state index in [1.165, 1.54) is 0 Å². The van der Waals surface area contributed by atoms with Gasteiger partial charge in [0.05, 0.1) is 5.56 Å². The second-order valence-electron chi connectivity index (χ2n) is 3.31. The van der Waals surface area contributed by atoms with Crippen LogP contribution in [0.1, 0.15) is 17.7 Å². The smallest absolute Gasteiger partial charge is 0.321 e. The fourth-order valence-electron chi connectivity index (χ4n) is 1.25. The van der Waals surface area contributed by atoms with Crippen LogP contribution in [0.2, 0.25) is 0 Å². The third kappa shape index (κ3) is 2.86. The molecule has 1 rings (SSSR count). The molecule has 1 N–H and O–H groups in total. The van der Waals surface area contributed by atoms with E-state index >= 15 is 0 Å². The lowest BCUT2D eigenvalue weighted by atomic mass is 10.1. The Bertz CT molecular complexity index is 532. The molecule has 104 valence electrons. The normalized spacial score (nSPS) is 12.3. The van der Waals surface area contributed by atoms with Crippen LogP contribution in [-0.4, -0.2) is 16.2 Å². The third-order valence-corrected chi connectivity index (χ3v) is 3.02. The predicted octanol–water partition coefficient (Wildman–Crippen LogP) is 2.79. The van der Waals surface area contributed by atoms with Crippen molar-refractivity contribution in [2.75, 3.05) is 0 Å². The molecule has 0 amide bonds. The van der Waals surface area contributed by atoms with Gasteiger partial charge in [-0.25, -0.2) is 22.0 Å². The van der Waals surface area contributed by atoms with Gasteiger partial charge < -0.3 is 5.11 Å². The van der Waals surface area contributed by atoms with E-state index in [4.69, 9.17) is 5.11 Å². The van der Waals surface area contributed by atoms with Crippen LogP contribution in [0.15, 0.2) is 0 Å². The summed E-state index contributed by atoms with van der Waals surface area (Å²) < 4.78 is 65.3. The number of rotatable bonds is 3. The highest BCUT2D eigenvalue weighted by Crippen LogP contribution is 2.36. The molecule has 0 spiro atoms. The summed E-state index contributed by atoms with van der Waals surface area (Å²) >= 11 is -0.0619. The highest BCUT2D eigenvalue weighted by molar-refractivity contribution is 8.14. The number of hydrogen-bond acceptors (Lipinski definition) is 3. The Kier molecular flexibility index (Phi) is 4.51. The van der Waals surface area contributed by atoms with Crippen LogP contribution >= 0.6 is 11.8 Å². The summed E-state index contributed by atoms with van der Waals surface area (Å²) in [5, 5.41) is 5.66. The second kappa shape index (κ2) is 5.55. The number of carbonyl (C=O) groups is 2. The van der Waals surface area contributed by atoms with Crippen LogP contribution in [0.25, 0.3) is 0 Å². The first-order valence-corrected chi connectivity index (χ1v) is 5.47. The van der Waals surface area contributed by atoms with Crippen molar-refractivity contribution in [3.05, 3.63) is 34.6 Å². The van der Waals surface area contributed by atoms with Gasteiger partial charge in [0.1, 0.15) is 5.25 Å². The molecule has 3 nitrogen and oxygen atoms in total. The molecule has 0 heterocycles. The second-order valence-corrected chi connectivity index (χ2v) is 4.59. The van der Waals surface area contributed by atoms with Gasteiger partial charge in [-0.15, -0.1) is 0 Å². The van der Waals surface area contributed by atoms with Gasteiger partial charge in [-0.1, -0.05) is 11.8 Å². The lowest BCUT2D eigenvalue weighted by molar-refractivity contribution is -0.136. The van der Waals surface area contributed by atoms with Crippen molar-refractivity contribution in [2.24, 2.45) is 0 Å². The van der Waals surface area contributed by atoms with Crippen molar-refractivity contribution < 1.29 is 36.6 Å². The van der Waals surface area contributed by atoms with Gasteiger partial charge in [0.2, 0.25) is 5.82 Å². The zero-order chi connectivity index (χ0) is 14.9. The van der Waals surface area contributed by atoms with E-state index < -0.39 is 51.0 Å². The predicted molar refractivity (Wildman–Crippen MR) is 54.9 cm³/mol. The molecule has 0 aliphatic carbocycles. The topological polar surface area (TPSA) is 54.4 Å². The quantitative estimate of drug-likeness (QED) is 0.530. The van der Waals surface area contributed by atoms with Crippen molar-refractivity contribution in [1.29, 1.82) is 0 Å². The number of carboxylic acid groups (broad SMARTS) is 1. The highest BCUT2D eigenvalue weighted by atomic mass is 32.2. The molecule has 0 bridgehead atoms.